The highest BCUT2D eigenvalue weighted by Gasteiger charge is 2.47. The number of β-amino-alcohol motifs (C(OH)–C–C–N with tert-alkyl or cyclic N) is 1. The average molecular weight is 683 g/mol. The lowest BCUT2D eigenvalue weighted by atomic mass is 9.95. The second-order valence-electron chi connectivity index (χ2n) is 14.2. The highest BCUT2D eigenvalue weighted by molar-refractivity contribution is 5.98. The first kappa shape index (κ1) is 39.1. The minimum Gasteiger partial charge on any atom is -0.392 e. The number of fused-ring (bicyclic) bond motifs is 2. The maximum atomic E-state index is 14.2. The summed E-state index contributed by atoms with van der Waals surface area (Å²) < 4.78 is 0. The largest absolute Gasteiger partial charge is 0.392 e. The van der Waals surface area contributed by atoms with Crippen molar-refractivity contribution in [3.63, 3.8) is 0 Å². The lowest BCUT2D eigenvalue weighted by Gasteiger charge is -2.44. The third-order valence-corrected chi connectivity index (χ3v) is 9.06. The highest BCUT2D eigenvalue weighted by atomic mass is 16.5. The predicted octanol–water partition coefficient (Wildman–Crippen LogP) is -1.92. The number of carbonyl (C=O) groups excluding carboxylic acids is 6. The first-order valence-corrected chi connectivity index (χ1v) is 16.8. The van der Waals surface area contributed by atoms with Gasteiger partial charge in [-0.3, -0.25) is 44.0 Å². The van der Waals surface area contributed by atoms with Crippen LogP contribution in [0.1, 0.15) is 74.1 Å². The second kappa shape index (κ2) is 16.3. The van der Waals surface area contributed by atoms with Crippen LogP contribution in [-0.4, -0.2) is 139 Å². The molecule has 3 aliphatic heterocycles. The van der Waals surface area contributed by atoms with Crippen molar-refractivity contribution in [2.24, 2.45) is 17.8 Å². The van der Waals surface area contributed by atoms with E-state index in [1.807, 2.05) is 0 Å². The van der Waals surface area contributed by atoms with Crippen molar-refractivity contribution >= 4 is 35.4 Å². The number of hydrazine groups is 2. The summed E-state index contributed by atoms with van der Waals surface area (Å²) in [7, 11) is 1.40. The van der Waals surface area contributed by atoms with Crippen molar-refractivity contribution in [3.05, 3.63) is 0 Å². The Morgan fingerprint density at radius 2 is 1.38 bits per heavy atom. The van der Waals surface area contributed by atoms with Gasteiger partial charge in [0.05, 0.1) is 12.2 Å². The lowest BCUT2D eigenvalue weighted by Crippen LogP contribution is -2.69. The quantitative estimate of drug-likeness (QED) is 0.158. The van der Waals surface area contributed by atoms with Crippen molar-refractivity contribution in [1.82, 2.24) is 41.5 Å². The SMILES string of the molecule is CC(C)CC1C(=O)N2NCC(O)CC2C(=O)N(C)C(C(C)C)C(=O)N2NCCCC2C(=O)NC(C(C)O)C(=O)NC(C(C)C)C(=O)N1O. The zero-order valence-electron chi connectivity index (χ0n) is 29.2. The zero-order valence-corrected chi connectivity index (χ0v) is 29.2. The van der Waals surface area contributed by atoms with E-state index >= 15 is 0 Å². The number of hydrogen-bond acceptors (Lipinski definition) is 11. The summed E-state index contributed by atoms with van der Waals surface area (Å²) in [5.41, 5.74) is 5.73. The number of likely N-dealkylation sites (N-methyl/N-ethyl adjacent to an activating group) is 1. The van der Waals surface area contributed by atoms with Crippen LogP contribution in [0.15, 0.2) is 0 Å². The summed E-state index contributed by atoms with van der Waals surface area (Å²) >= 11 is 0. The molecule has 48 heavy (non-hydrogen) atoms. The molecule has 17 heteroatoms. The molecule has 3 fully saturated rings. The van der Waals surface area contributed by atoms with Crippen molar-refractivity contribution in [3.8, 4) is 0 Å². The number of nitrogens with zero attached hydrogens (tertiary/aromatic N) is 4. The molecule has 0 saturated carbocycles. The summed E-state index contributed by atoms with van der Waals surface area (Å²) in [6.45, 7) is 11.8. The minimum atomic E-state index is -1.54. The van der Waals surface area contributed by atoms with Gasteiger partial charge in [0.25, 0.3) is 17.7 Å². The van der Waals surface area contributed by atoms with E-state index in [0.717, 1.165) is 10.0 Å². The van der Waals surface area contributed by atoms with E-state index < -0.39 is 95.7 Å². The Labute approximate surface area is 281 Å². The molecule has 3 rings (SSSR count). The third-order valence-electron chi connectivity index (χ3n) is 9.06. The molecule has 0 radical (unpaired) electrons. The van der Waals surface area contributed by atoms with Gasteiger partial charge in [0.15, 0.2) is 0 Å². The summed E-state index contributed by atoms with van der Waals surface area (Å²) in [5, 5.41) is 39.9. The maximum Gasteiger partial charge on any atom is 0.269 e. The highest BCUT2D eigenvalue weighted by Crippen LogP contribution is 2.24. The van der Waals surface area contributed by atoms with Crippen LogP contribution in [0.3, 0.4) is 0 Å². The Morgan fingerprint density at radius 1 is 0.771 bits per heavy atom. The van der Waals surface area contributed by atoms with Crippen LogP contribution >= 0.6 is 0 Å². The van der Waals surface area contributed by atoms with Gasteiger partial charge in [0.1, 0.15) is 36.3 Å². The Kier molecular flexibility index (Phi) is 13.3. The molecule has 3 aliphatic rings. The number of rotatable bonds is 5. The average Bonchev–Trinajstić information content (AvgIpc) is 3.02. The monoisotopic (exact) mass is 682 g/mol. The molecular formula is C31H54N8O9. The van der Waals surface area contributed by atoms with E-state index in [1.54, 1.807) is 41.5 Å². The summed E-state index contributed by atoms with van der Waals surface area (Å²) in [6.07, 6.45) is -1.95. The first-order valence-electron chi connectivity index (χ1n) is 16.8. The number of carbonyl (C=O) groups is 6. The van der Waals surface area contributed by atoms with Gasteiger partial charge in [0.2, 0.25) is 17.7 Å². The van der Waals surface area contributed by atoms with E-state index in [2.05, 4.69) is 21.5 Å². The molecule has 0 aromatic heterocycles. The molecule has 8 unspecified atom stereocenters. The lowest BCUT2D eigenvalue weighted by molar-refractivity contribution is -0.192. The molecule has 0 aliphatic carbocycles. The number of nitrogens with one attached hydrogen (secondary N) is 4. The standard InChI is InChI=1S/C31H54N8O9/c1-15(2)12-22-29(45)38-21(13-19(41)14-33-38)28(44)36(8)25(17(5)6)31(47)37-20(10-9-11-32-37)26(42)35-24(18(7)40)27(43)34-23(16(3)4)30(46)39(22)48/h15-25,32-33,40-41,48H,9-14H2,1-8H3,(H,34,43)(H,35,42). The van der Waals surface area contributed by atoms with Gasteiger partial charge >= 0.3 is 0 Å². The van der Waals surface area contributed by atoms with Crippen LogP contribution in [0.25, 0.3) is 0 Å². The third kappa shape index (κ3) is 8.61. The van der Waals surface area contributed by atoms with E-state index in [4.69, 9.17) is 0 Å². The first-order chi connectivity index (χ1) is 22.4. The number of amides is 6. The second-order valence-corrected chi connectivity index (χ2v) is 14.2. The van der Waals surface area contributed by atoms with Crippen molar-refractivity contribution in [2.45, 2.75) is 123 Å². The van der Waals surface area contributed by atoms with E-state index in [0.29, 0.717) is 13.0 Å². The van der Waals surface area contributed by atoms with Crippen LogP contribution < -0.4 is 21.5 Å². The summed E-state index contributed by atoms with van der Waals surface area (Å²) in [4.78, 5) is 84.9. The number of aliphatic hydroxyl groups excluding tert-OH is 2. The summed E-state index contributed by atoms with van der Waals surface area (Å²) in [6, 6.07) is -8.00. The molecule has 0 aromatic rings. The molecule has 8 atom stereocenters. The smallest absolute Gasteiger partial charge is 0.269 e. The Hall–Kier alpha value is -3.38. The number of hydrogen-bond donors (Lipinski definition) is 7. The molecular weight excluding hydrogens is 628 g/mol. The fraction of sp³-hybridized carbons (Fsp3) is 0.806. The zero-order chi connectivity index (χ0) is 36.2. The van der Waals surface area contributed by atoms with E-state index in [9.17, 15) is 44.2 Å². The molecule has 0 spiro atoms. The van der Waals surface area contributed by atoms with Crippen molar-refractivity contribution < 1.29 is 44.2 Å². The van der Waals surface area contributed by atoms with Crippen molar-refractivity contribution in [1.29, 1.82) is 0 Å². The van der Waals surface area contributed by atoms with Gasteiger partial charge in [-0.15, -0.1) is 0 Å². The molecule has 0 bridgehead atoms. The number of hydroxylamine groups is 2. The summed E-state index contributed by atoms with van der Waals surface area (Å²) in [5.74, 6) is -6.08. The molecule has 7 N–H and O–H groups in total. The molecule has 17 nitrogen and oxygen atoms in total. The van der Waals surface area contributed by atoms with Crippen LogP contribution in [0.4, 0.5) is 0 Å². The van der Waals surface area contributed by atoms with Gasteiger partial charge in [-0.05, 0) is 43.9 Å². The molecule has 3 saturated heterocycles. The normalized spacial score (nSPS) is 31.4. The van der Waals surface area contributed by atoms with Gasteiger partial charge < -0.3 is 25.7 Å². The minimum absolute atomic E-state index is 0.0290. The van der Waals surface area contributed by atoms with E-state index in [1.165, 1.54) is 18.9 Å². The molecule has 0 aromatic carbocycles. The van der Waals surface area contributed by atoms with Crippen molar-refractivity contribution in [2.75, 3.05) is 20.1 Å². The molecule has 6 amide bonds. The van der Waals surface area contributed by atoms with Gasteiger partial charge in [0, 0.05) is 26.6 Å². The molecule has 3 heterocycles. The van der Waals surface area contributed by atoms with E-state index in [-0.39, 0.29) is 36.8 Å². The fourth-order valence-electron chi connectivity index (χ4n) is 6.45. The van der Waals surface area contributed by atoms with Crippen LogP contribution in [0, 0.1) is 17.8 Å². The Balaban J connectivity index is 2.20. The van der Waals surface area contributed by atoms with Gasteiger partial charge in [-0.1, -0.05) is 41.5 Å². The van der Waals surface area contributed by atoms with Crippen LogP contribution in [-0.2, 0) is 28.8 Å². The predicted molar refractivity (Wildman–Crippen MR) is 171 cm³/mol. The Morgan fingerprint density at radius 3 is 1.94 bits per heavy atom. The number of aliphatic hydroxyl groups is 2. The topological polar surface area (TPSA) is 224 Å². The van der Waals surface area contributed by atoms with Gasteiger partial charge in [-0.2, -0.15) is 0 Å². The molecule has 272 valence electrons. The Bertz CT molecular complexity index is 1210. The van der Waals surface area contributed by atoms with Gasteiger partial charge in [-0.25, -0.2) is 15.9 Å². The van der Waals surface area contributed by atoms with Crippen LogP contribution in [0.5, 0.6) is 0 Å². The maximum absolute atomic E-state index is 14.2. The fourth-order valence-corrected chi connectivity index (χ4v) is 6.45. The van der Waals surface area contributed by atoms with Crippen LogP contribution in [0.2, 0.25) is 0 Å².